The number of thiazole rings is 1. The molecule has 6 unspecified atom stereocenters. The number of halogens is 2. The molecule has 1 saturated heterocycles. The number of nitrogens with zero attached hydrogens (tertiary/aromatic N) is 1. The van der Waals surface area contributed by atoms with Crippen LogP contribution in [-0.2, 0) is 14.4 Å². The number of thioether (sulfide) groups is 1. The van der Waals surface area contributed by atoms with E-state index in [9.17, 15) is 28.0 Å². The van der Waals surface area contributed by atoms with E-state index in [0.717, 1.165) is 21.9 Å². The topological polar surface area (TPSA) is 109 Å². The molecule has 3 amide bonds. The molecule has 12 heteroatoms. The summed E-state index contributed by atoms with van der Waals surface area (Å²) in [6.45, 7) is -0.238. The van der Waals surface area contributed by atoms with Gasteiger partial charge in [-0.05, 0) is 90.4 Å². The molecule has 228 valence electrons. The normalized spacial score (nSPS) is 27.7. The third-order valence-electron chi connectivity index (χ3n) is 9.55. The number of aromatic nitrogens is 1. The van der Waals surface area contributed by atoms with Gasteiger partial charge in [0.1, 0.15) is 17.4 Å². The Morgan fingerprint density at radius 1 is 0.889 bits per heavy atom. The predicted octanol–water partition coefficient (Wildman–Crippen LogP) is 5.41. The second-order valence-electron chi connectivity index (χ2n) is 11.9. The highest BCUT2D eigenvalue weighted by atomic mass is 32.2. The molecule has 2 aliphatic heterocycles. The fourth-order valence-electron chi connectivity index (χ4n) is 7.89. The van der Waals surface area contributed by atoms with Gasteiger partial charge in [-0.15, -0.1) is 11.8 Å². The first-order chi connectivity index (χ1) is 21.8. The van der Waals surface area contributed by atoms with Gasteiger partial charge in [-0.3, -0.25) is 24.1 Å². The summed E-state index contributed by atoms with van der Waals surface area (Å²) in [4.78, 5) is 57.4. The number of hydrogen-bond donors (Lipinski definition) is 2. The number of H-pyrrole nitrogens is 1. The molecule has 8 nitrogen and oxygen atoms in total. The molecule has 1 aromatic heterocycles. The second kappa shape index (κ2) is 10.7. The minimum absolute atomic E-state index is 0.0263. The highest BCUT2D eigenvalue weighted by Gasteiger charge is 2.69. The molecule has 45 heavy (non-hydrogen) atoms. The Balaban J connectivity index is 1.05. The summed E-state index contributed by atoms with van der Waals surface area (Å²) in [7, 11) is 0. The maximum absolute atomic E-state index is 13.8. The van der Waals surface area contributed by atoms with E-state index < -0.39 is 23.5 Å². The van der Waals surface area contributed by atoms with Gasteiger partial charge in [-0.1, -0.05) is 23.5 Å². The first-order valence-corrected chi connectivity index (χ1v) is 16.3. The van der Waals surface area contributed by atoms with E-state index in [1.165, 1.54) is 64.8 Å². The predicted molar refractivity (Wildman–Crippen MR) is 164 cm³/mol. The Hall–Kier alpha value is -4.29. The maximum atomic E-state index is 13.8. The van der Waals surface area contributed by atoms with Crippen LogP contribution in [0.15, 0.2) is 82.6 Å². The Labute approximate surface area is 263 Å². The molecule has 7 atom stereocenters. The van der Waals surface area contributed by atoms with Crippen molar-refractivity contribution in [1.82, 2.24) is 4.98 Å². The summed E-state index contributed by atoms with van der Waals surface area (Å²) in [6.07, 6.45) is 0.756. The monoisotopic (exact) mass is 645 g/mol. The molecule has 0 spiro atoms. The molecular weight excluding hydrogens is 621 g/mol. The smallest absolute Gasteiger partial charge is 0.305 e. The van der Waals surface area contributed by atoms with E-state index in [-0.39, 0.29) is 58.1 Å². The van der Waals surface area contributed by atoms with Gasteiger partial charge in [-0.25, -0.2) is 8.78 Å². The van der Waals surface area contributed by atoms with Gasteiger partial charge in [0, 0.05) is 21.7 Å². The largest absolute Gasteiger partial charge is 0.484 e. The van der Waals surface area contributed by atoms with Crippen LogP contribution < -0.4 is 19.8 Å². The van der Waals surface area contributed by atoms with Gasteiger partial charge < -0.3 is 15.0 Å². The number of hydrogen-bond acceptors (Lipinski definition) is 7. The minimum Gasteiger partial charge on any atom is -0.484 e. The summed E-state index contributed by atoms with van der Waals surface area (Å²) < 4.78 is 32.5. The van der Waals surface area contributed by atoms with E-state index >= 15 is 0 Å². The number of amides is 3. The van der Waals surface area contributed by atoms with Crippen LogP contribution in [0.2, 0.25) is 0 Å². The van der Waals surface area contributed by atoms with Crippen molar-refractivity contribution < 1.29 is 27.9 Å². The van der Waals surface area contributed by atoms with Crippen LogP contribution in [0.3, 0.4) is 0 Å². The van der Waals surface area contributed by atoms with Crippen LogP contribution >= 0.6 is 23.1 Å². The van der Waals surface area contributed by atoms with Crippen molar-refractivity contribution in [2.24, 2.45) is 29.6 Å². The van der Waals surface area contributed by atoms with Crippen LogP contribution in [0.25, 0.3) is 0 Å². The van der Waals surface area contributed by atoms with Gasteiger partial charge in [0.15, 0.2) is 6.61 Å². The standard InChI is InChI=1S/C33H25F2N3O5S2/c34-16-3-7-18(8-4-16)36-23(39)14-43-20-11-1-15(2-12-20)24-25-21-13-22(28(25)44-30-29(24)45-33(42)37-30)27-26(21)31(40)38(32(27)41)19-9-5-17(35)6-10-19/h1-12,21-22,24-28H,13-14H2,(H,36,39)(H,37,42)/t21?,22?,24-,25?,26?,27?,28?/m1/s1. The number of rotatable bonds is 6. The van der Waals surface area contributed by atoms with Gasteiger partial charge in [0.05, 0.1) is 22.5 Å². The van der Waals surface area contributed by atoms with Crippen LogP contribution in [-0.4, -0.2) is 34.6 Å². The van der Waals surface area contributed by atoms with Crippen LogP contribution in [0.1, 0.15) is 22.8 Å². The highest BCUT2D eigenvalue weighted by Crippen LogP contribution is 2.68. The van der Waals surface area contributed by atoms with E-state index in [1.54, 1.807) is 23.9 Å². The summed E-state index contributed by atoms with van der Waals surface area (Å²) in [6, 6.07) is 18.3. The van der Waals surface area contributed by atoms with E-state index in [1.807, 2.05) is 12.1 Å². The van der Waals surface area contributed by atoms with E-state index in [2.05, 4.69) is 10.3 Å². The molecule has 2 N–H and O–H groups in total. The average molecular weight is 646 g/mol. The third kappa shape index (κ3) is 4.61. The first-order valence-electron chi connectivity index (χ1n) is 14.6. The molecule has 3 fully saturated rings. The van der Waals surface area contributed by atoms with Crippen molar-refractivity contribution in [3.05, 3.63) is 105 Å². The molecule has 0 radical (unpaired) electrons. The molecule has 2 saturated carbocycles. The van der Waals surface area contributed by atoms with Crippen molar-refractivity contribution in [3.8, 4) is 5.75 Å². The minimum atomic E-state index is -0.462. The zero-order valence-corrected chi connectivity index (χ0v) is 25.1. The van der Waals surface area contributed by atoms with Crippen molar-refractivity contribution in [2.75, 3.05) is 16.8 Å². The fraction of sp³-hybridized carbons (Fsp3) is 0.273. The number of fused-ring (bicyclic) bond motifs is 9. The van der Waals surface area contributed by atoms with Gasteiger partial charge >= 0.3 is 4.87 Å². The van der Waals surface area contributed by atoms with Crippen LogP contribution in [0.5, 0.6) is 5.75 Å². The number of benzene rings is 3. The number of carbonyl (C=O) groups excluding carboxylic acids is 3. The Bertz CT molecular complexity index is 1890. The summed E-state index contributed by atoms with van der Waals surface area (Å²) >= 11 is 2.79. The van der Waals surface area contributed by atoms with Crippen molar-refractivity contribution >= 4 is 52.2 Å². The van der Waals surface area contributed by atoms with Crippen molar-refractivity contribution in [1.29, 1.82) is 0 Å². The Kier molecular flexibility index (Phi) is 6.68. The highest BCUT2D eigenvalue weighted by molar-refractivity contribution is 8.00. The average Bonchev–Trinajstić information content (AvgIpc) is 3.77. The van der Waals surface area contributed by atoms with E-state index in [0.29, 0.717) is 17.1 Å². The molecule has 8 rings (SSSR count). The molecule has 3 heterocycles. The van der Waals surface area contributed by atoms with Gasteiger partial charge in [-0.2, -0.15) is 0 Å². The molecule has 4 aliphatic rings. The quantitative estimate of drug-likeness (QED) is 0.272. The number of aromatic amines is 1. The number of ether oxygens (including phenoxy) is 1. The lowest BCUT2D eigenvalue weighted by Gasteiger charge is -2.43. The van der Waals surface area contributed by atoms with Crippen LogP contribution in [0, 0.1) is 41.2 Å². The Morgan fingerprint density at radius 3 is 2.22 bits per heavy atom. The second-order valence-corrected chi connectivity index (χ2v) is 14.1. The SMILES string of the molecule is O=C(COc1ccc([C@H]2c3sc(=O)[nH]c3SC3C4CC(C5C(=O)N(c6ccc(F)cc6)C(=O)C45)C32)cc1)Nc1ccc(F)cc1. The molecular formula is C33H25F2N3O5S2. The fourth-order valence-corrected chi connectivity index (χ4v) is 10.8. The maximum Gasteiger partial charge on any atom is 0.305 e. The lowest BCUT2D eigenvalue weighted by molar-refractivity contribution is -0.123. The lowest BCUT2D eigenvalue weighted by Crippen LogP contribution is -2.42. The third-order valence-corrected chi connectivity index (χ3v) is 12.1. The lowest BCUT2D eigenvalue weighted by atomic mass is 9.68. The number of nitrogens with one attached hydrogen (secondary N) is 2. The first kappa shape index (κ1) is 28.2. The van der Waals surface area contributed by atoms with Crippen molar-refractivity contribution in [3.63, 3.8) is 0 Å². The number of anilines is 2. The summed E-state index contributed by atoms with van der Waals surface area (Å²) in [5.41, 5.74) is 1.81. The molecule has 2 bridgehead atoms. The zero-order valence-electron chi connectivity index (χ0n) is 23.4. The molecule has 3 aromatic carbocycles. The number of imide groups is 1. The van der Waals surface area contributed by atoms with Crippen molar-refractivity contribution in [2.45, 2.75) is 22.6 Å². The summed E-state index contributed by atoms with van der Waals surface area (Å²) in [5.74, 6) is -2.32. The van der Waals surface area contributed by atoms with Crippen LogP contribution in [0.4, 0.5) is 20.2 Å². The Morgan fingerprint density at radius 2 is 1.53 bits per heavy atom. The molecule has 2 aliphatic carbocycles. The van der Waals surface area contributed by atoms with Gasteiger partial charge in [0.2, 0.25) is 11.8 Å². The van der Waals surface area contributed by atoms with Gasteiger partial charge in [0.25, 0.3) is 5.91 Å². The molecule has 4 aromatic rings. The zero-order chi connectivity index (χ0) is 31.0. The van der Waals surface area contributed by atoms with E-state index in [4.69, 9.17) is 4.74 Å². The number of carbonyl (C=O) groups is 3. The summed E-state index contributed by atoms with van der Waals surface area (Å²) in [5, 5.41) is 3.51.